The van der Waals surface area contributed by atoms with E-state index in [0.29, 0.717) is 24.7 Å². The summed E-state index contributed by atoms with van der Waals surface area (Å²) in [6, 6.07) is 5.76. The van der Waals surface area contributed by atoms with E-state index in [0.717, 1.165) is 47.6 Å². The number of carbonyl (C=O) groups excluding carboxylic acids is 1. The van der Waals surface area contributed by atoms with Gasteiger partial charge in [0, 0.05) is 24.7 Å². The molecule has 1 atom stereocenters. The van der Waals surface area contributed by atoms with Crippen LogP contribution in [0.4, 0.5) is 0 Å². The molecule has 0 saturated heterocycles. The molecule has 32 heavy (non-hydrogen) atoms. The Morgan fingerprint density at radius 3 is 2.53 bits per heavy atom. The summed E-state index contributed by atoms with van der Waals surface area (Å²) in [7, 11) is 1.94. The van der Waals surface area contributed by atoms with Gasteiger partial charge < -0.3 is 19.7 Å². The third kappa shape index (κ3) is 6.03. The molecule has 1 aromatic carbocycles. The van der Waals surface area contributed by atoms with Crippen LogP contribution in [0.25, 0.3) is 0 Å². The van der Waals surface area contributed by atoms with Crippen LogP contribution in [-0.2, 0) is 4.79 Å². The van der Waals surface area contributed by atoms with Gasteiger partial charge in [-0.25, -0.2) is 0 Å². The molecule has 0 fully saturated rings. The second kappa shape index (κ2) is 12.2. The van der Waals surface area contributed by atoms with Gasteiger partial charge in [0.1, 0.15) is 0 Å². The first-order valence-electron chi connectivity index (χ1n) is 12.3. The zero-order chi connectivity index (χ0) is 22.9. The minimum absolute atomic E-state index is 0.204. The lowest BCUT2D eigenvalue weighted by Gasteiger charge is -2.39. The summed E-state index contributed by atoms with van der Waals surface area (Å²) in [6.45, 7) is 5.47. The highest BCUT2D eigenvalue weighted by atomic mass is 32.1. The van der Waals surface area contributed by atoms with E-state index in [1.54, 1.807) is 0 Å². The van der Waals surface area contributed by atoms with Crippen LogP contribution in [0.2, 0.25) is 0 Å². The van der Waals surface area contributed by atoms with Crippen molar-refractivity contribution in [2.75, 3.05) is 20.3 Å². The van der Waals surface area contributed by atoms with Crippen molar-refractivity contribution in [3.63, 3.8) is 0 Å². The lowest BCUT2D eigenvalue weighted by molar-refractivity contribution is -0.116. The number of benzene rings is 1. The zero-order valence-electron chi connectivity index (χ0n) is 19.9. The monoisotopic (exact) mass is 458 g/mol. The fraction of sp³-hybridized carbons (Fsp3) is 0.615. The molecule has 0 spiro atoms. The van der Waals surface area contributed by atoms with Gasteiger partial charge in [0.2, 0.25) is 0 Å². The predicted octanol–water partition coefficient (Wildman–Crippen LogP) is 6.08. The number of hydrogen-bond acceptors (Lipinski definition) is 4. The van der Waals surface area contributed by atoms with E-state index in [1.807, 2.05) is 37.1 Å². The largest absolute Gasteiger partial charge is 0.490 e. The molecule has 0 amide bonds. The van der Waals surface area contributed by atoms with Crippen molar-refractivity contribution in [1.82, 2.24) is 10.2 Å². The number of hydrogen-bond donors (Lipinski definition) is 1. The molecule has 0 saturated carbocycles. The molecule has 2 aliphatic rings. The SMILES string of the molecule is CCCCCCCCCOc1ccc(C2NC(=S)N(C)C3=C2C(=O)CCC3)cc1OCC. The van der Waals surface area contributed by atoms with E-state index in [9.17, 15) is 4.79 Å². The Bertz CT molecular complexity index is 836. The number of thiocarbonyl (C=S) groups is 1. The van der Waals surface area contributed by atoms with Crippen molar-refractivity contribution in [3.05, 3.63) is 35.0 Å². The highest BCUT2D eigenvalue weighted by molar-refractivity contribution is 7.80. The smallest absolute Gasteiger partial charge is 0.173 e. The van der Waals surface area contributed by atoms with Crippen LogP contribution < -0.4 is 14.8 Å². The Hall–Kier alpha value is -2.08. The van der Waals surface area contributed by atoms with Crippen molar-refractivity contribution in [2.24, 2.45) is 0 Å². The summed E-state index contributed by atoms with van der Waals surface area (Å²) in [4.78, 5) is 14.7. The molecule has 5 nitrogen and oxygen atoms in total. The van der Waals surface area contributed by atoms with Crippen molar-refractivity contribution in [1.29, 1.82) is 0 Å². The van der Waals surface area contributed by atoms with Crippen LogP contribution >= 0.6 is 12.2 Å². The summed E-state index contributed by atoms with van der Waals surface area (Å²) < 4.78 is 12.0. The van der Waals surface area contributed by atoms with Crippen molar-refractivity contribution in [2.45, 2.75) is 84.1 Å². The van der Waals surface area contributed by atoms with Crippen LogP contribution in [0.5, 0.6) is 11.5 Å². The number of unbranched alkanes of at least 4 members (excludes halogenated alkanes) is 6. The molecule has 0 radical (unpaired) electrons. The first kappa shape index (κ1) is 24.6. The first-order chi connectivity index (χ1) is 15.6. The van der Waals surface area contributed by atoms with Crippen molar-refractivity contribution >= 4 is 23.1 Å². The molecule has 1 N–H and O–H groups in total. The van der Waals surface area contributed by atoms with Gasteiger partial charge in [-0.2, -0.15) is 0 Å². The van der Waals surface area contributed by atoms with Crippen LogP contribution in [-0.4, -0.2) is 36.1 Å². The first-order valence-corrected chi connectivity index (χ1v) is 12.7. The number of carbonyl (C=O) groups is 1. The molecule has 6 heteroatoms. The van der Waals surface area contributed by atoms with E-state index >= 15 is 0 Å². The number of rotatable bonds is 12. The molecule has 0 bridgehead atoms. The van der Waals surface area contributed by atoms with Crippen molar-refractivity contribution < 1.29 is 14.3 Å². The second-order valence-corrected chi connectivity index (χ2v) is 9.07. The number of nitrogens with zero attached hydrogens (tertiary/aromatic N) is 1. The maximum Gasteiger partial charge on any atom is 0.173 e. The summed E-state index contributed by atoms with van der Waals surface area (Å²) in [5.41, 5.74) is 2.87. The minimum atomic E-state index is -0.238. The third-order valence-corrected chi connectivity index (χ3v) is 6.69. The molecule has 1 aliphatic heterocycles. The van der Waals surface area contributed by atoms with Gasteiger partial charge in [0.05, 0.1) is 19.3 Å². The normalized spacial score (nSPS) is 18.5. The second-order valence-electron chi connectivity index (χ2n) is 8.69. The lowest BCUT2D eigenvalue weighted by Crippen LogP contribution is -2.47. The standard InChI is InChI=1S/C26H38N2O3S/c1-4-6-7-8-9-10-11-17-31-22-16-15-19(18-23(22)30-5-2)25-24-20(13-12-14-21(24)29)28(3)26(32)27-25/h15-16,18,25H,4-14,17H2,1-3H3,(H,27,32). The summed E-state index contributed by atoms with van der Waals surface area (Å²) in [5, 5.41) is 4.02. The van der Waals surface area contributed by atoms with Crippen LogP contribution in [0.15, 0.2) is 29.5 Å². The fourth-order valence-corrected chi connectivity index (χ4v) is 4.75. The fourth-order valence-electron chi connectivity index (χ4n) is 4.52. The molecule has 1 aliphatic carbocycles. The maximum atomic E-state index is 12.8. The molecule has 3 rings (SSSR count). The van der Waals surface area contributed by atoms with Gasteiger partial charge in [-0.1, -0.05) is 51.5 Å². The summed E-state index contributed by atoms with van der Waals surface area (Å²) in [6.07, 6.45) is 11.1. The van der Waals surface area contributed by atoms with Crippen LogP contribution in [0.3, 0.4) is 0 Å². The van der Waals surface area contributed by atoms with E-state index in [-0.39, 0.29) is 11.8 Å². The van der Waals surface area contributed by atoms with Gasteiger partial charge >= 0.3 is 0 Å². The molecule has 0 aromatic heterocycles. The highest BCUT2D eigenvalue weighted by Crippen LogP contribution is 2.39. The molecular formula is C26H38N2O3S. The van der Waals surface area contributed by atoms with E-state index < -0.39 is 0 Å². The number of nitrogens with one attached hydrogen (secondary N) is 1. The Morgan fingerprint density at radius 2 is 1.78 bits per heavy atom. The van der Waals surface area contributed by atoms with Crippen LogP contribution in [0, 0.1) is 0 Å². The molecule has 1 heterocycles. The van der Waals surface area contributed by atoms with Gasteiger partial charge in [-0.05, 0) is 56.1 Å². The van der Waals surface area contributed by atoms with Gasteiger partial charge in [0.15, 0.2) is 22.4 Å². The maximum absolute atomic E-state index is 12.8. The minimum Gasteiger partial charge on any atom is -0.490 e. The summed E-state index contributed by atoms with van der Waals surface area (Å²) in [5.74, 6) is 1.70. The Balaban J connectivity index is 1.69. The molecular weight excluding hydrogens is 420 g/mol. The number of Topliss-reactive ketones (excluding diaryl/α,β-unsaturated/α-hetero) is 1. The zero-order valence-corrected chi connectivity index (χ0v) is 20.7. The molecule has 1 aromatic rings. The average molecular weight is 459 g/mol. The van der Waals surface area contributed by atoms with E-state index in [1.165, 1.54) is 38.5 Å². The number of ketones is 1. The Morgan fingerprint density at radius 1 is 1.03 bits per heavy atom. The third-order valence-electron chi connectivity index (χ3n) is 6.30. The summed E-state index contributed by atoms with van der Waals surface area (Å²) >= 11 is 5.55. The Labute approximate surface area is 198 Å². The van der Waals surface area contributed by atoms with Crippen molar-refractivity contribution in [3.8, 4) is 11.5 Å². The highest BCUT2D eigenvalue weighted by Gasteiger charge is 2.36. The molecule has 176 valence electrons. The molecule has 1 unspecified atom stereocenters. The van der Waals surface area contributed by atoms with E-state index in [4.69, 9.17) is 21.7 Å². The van der Waals surface area contributed by atoms with Crippen LogP contribution in [0.1, 0.15) is 89.7 Å². The average Bonchev–Trinajstić information content (AvgIpc) is 2.79. The number of allylic oxidation sites excluding steroid dienone is 1. The van der Waals surface area contributed by atoms with E-state index in [2.05, 4.69) is 12.2 Å². The topological polar surface area (TPSA) is 50.8 Å². The Kier molecular flexibility index (Phi) is 9.39. The number of ether oxygens (including phenoxy) is 2. The van der Waals surface area contributed by atoms with Gasteiger partial charge in [-0.15, -0.1) is 0 Å². The van der Waals surface area contributed by atoms with Gasteiger partial charge in [0.25, 0.3) is 0 Å². The predicted molar refractivity (Wildman–Crippen MR) is 133 cm³/mol. The van der Waals surface area contributed by atoms with Gasteiger partial charge in [-0.3, -0.25) is 4.79 Å². The quantitative estimate of drug-likeness (QED) is 0.302. The lowest BCUT2D eigenvalue weighted by atomic mass is 9.85.